The third-order valence-corrected chi connectivity index (χ3v) is 4.79. The summed E-state index contributed by atoms with van der Waals surface area (Å²) < 4.78 is 5.58. The molecule has 1 fully saturated rings. The van der Waals surface area contributed by atoms with Crippen LogP contribution in [0.25, 0.3) is 11.1 Å². The highest BCUT2D eigenvalue weighted by molar-refractivity contribution is 5.75. The van der Waals surface area contributed by atoms with E-state index in [0.717, 1.165) is 16.7 Å². The fraction of sp³-hybridized carbons (Fsp3) is 0.421. The molecule has 0 bridgehead atoms. The van der Waals surface area contributed by atoms with E-state index in [1.54, 1.807) is 12.4 Å². The number of urea groups is 1. The Balaban J connectivity index is 1.65. The van der Waals surface area contributed by atoms with E-state index in [4.69, 9.17) is 4.74 Å². The Bertz CT molecular complexity index is 705. The third-order valence-electron chi connectivity index (χ3n) is 4.79. The van der Waals surface area contributed by atoms with Crippen LogP contribution in [0.4, 0.5) is 4.79 Å². The van der Waals surface area contributed by atoms with Crippen molar-refractivity contribution in [1.82, 2.24) is 20.2 Å². The van der Waals surface area contributed by atoms with Gasteiger partial charge >= 0.3 is 6.03 Å². The first-order chi connectivity index (χ1) is 12.1. The van der Waals surface area contributed by atoms with Crippen molar-refractivity contribution in [2.45, 2.75) is 39.0 Å². The molecule has 0 aliphatic carbocycles. The normalized spacial score (nSPS) is 21.6. The summed E-state index contributed by atoms with van der Waals surface area (Å²) in [5.74, 6) is 0. The molecule has 2 heterocycles. The highest BCUT2D eigenvalue weighted by Crippen LogP contribution is 2.21. The lowest BCUT2D eigenvalue weighted by atomic mass is 10.0. The maximum absolute atomic E-state index is 12.6. The van der Waals surface area contributed by atoms with Gasteiger partial charge in [-0.1, -0.05) is 24.3 Å². The molecule has 1 saturated heterocycles. The van der Waals surface area contributed by atoms with Crippen LogP contribution in [-0.4, -0.2) is 46.2 Å². The monoisotopic (exact) mass is 340 g/mol. The van der Waals surface area contributed by atoms with Gasteiger partial charge in [-0.3, -0.25) is 0 Å². The van der Waals surface area contributed by atoms with E-state index in [1.807, 2.05) is 49.9 Å². The number of carbonyl (C=O) groups excluding carboxylic acids is 1. The zero-order chi connectivity index (χ0) is 17.8. The lowest BCUT2D eigenvalue weighted by molar-refractivity contribution is -0.0379. The summed E-state index contributed by atoms with van der Waals surface area (Å²) in [6.07, 6.45) is 5.15. The Labute approximate surface area is 148 Å². The fourth-order valence-corrected chi connectivity index (χ4v) is 2.98. The number of rotatable bonds is 3. The molecular weight excluding hydrogens is 316 g/mol. The molecule has 132 valence electrons. The molecule has 0 unspecified atom stereocenters. The van der Waals surface area contributed by atoms with Crippen LogP contribution in [0.5, 0.6) is 0 Å². The molecule has 1 aliphatic heterocycles. The maximum Gasteiger partial charge on any atom is 0.318 e. The van der Waals surface area contributed by atoms with Gasteiger partial charge in [0.1, 0.15) is 6.33 Å². The van der Waals surface area contributed by atoms with Crippen LogP contribution < -0.4 is 5.32 Å². The van der Waals surface area contributed by atoms with E-state index in [2.05, 4.69) is 15.3 Å². The van der Waals surface area contributed by atoms with Crippen molar-refractivity contribution >= 4 is 6.03 Å². The number of hydrogen-bond acceptors (Lipinski definition) is 4. The molecule has 1 aliphatic rings. The van der Waals surface area contributed by atoms with Crippen LogP contribution in [0.3, 0.4) is 0 Å². The Morgan fingerprint density at radius 1 is 1.20 bits per heavy atom. The molecule has 3 rings (SSSR count). The molecular formula is C19H24N4O2. The van der Waals surface area contributed by atoms with Crippen molar-refractivity contribution in [3.8, 4) is 11.1 Å². The average Bonchev–Trinajstić information content (AvgIpc) is 2.64. The summed E-state index contributed by atoms with van der Waals surface area (Å²) >= 11 is 0. The molecule has 1 aromatic heterocycles. The summed E-state index contributed by atoms with van der Waals surface area (Å²) in [7, 11) is 0. The topological polar surface area (TPSA) is 67.4 Å². The van der Waals surface area contributed by atoms with Crippen LogP contribution in [0.15, 0.2) is 43.0 Å². The maximum atomic E-state index is 12.6. The van der Waals surface area contributed by atoms with Crippen LogP contribution in [0.1, 0.15) is 32.4 Å². The van der Waals surface area contributed by atoms with E-state index in [9.17, 15) is 4.79 Å². The van der Waals surface area contributed by atoms with Gasteiger partial charge in [-0.15, -0.1) is 0 Å². The van der Waals surface area contributed by atoms with Crippen LogP contribution in [-0.2, 0) is 4.74 Å². The summed E-state index contributed by atoms with van der Waals surface area (Å²) in [5.41, 5.74) is 3.09. The molecule has 2 amide bonds. The summed E-state index contributed by atoms with van der Waals surface area (Å²) in [6.45, 7) is 7.22. The number of morpholine rings is 1. The van der Waals surface area contributed by atoms with Crippen molar-refractivity contribution in [1.29, 1.82) is 0 Å². The van der Waals surface area contributed by atoms with Crippen molar-refractivity contribution in [2.75, 3.05) is 13.2 Å². The zero-order valence-corrected chi connectivity index (χ0v) is 14.8. The smallest absolute Gasteiger partial charge is 0.318 e. The van der Waals surface area contributed by atoms with E-state index < -0.39 is 0 Å². The lowest BCUT2D eigenvalue weighted by Crippen LogP contribution is -2.54. The molecule has 0 radical (unpaired) electrons. The second-order valence-corrected chi connectivity index (χ2v) is 6.43. The molecule has 6 heteroatoms. The van der Waals surface area contributed by atoms with E-state index >= 15 is 0 Å². The second kappa shape index (κ2) is 7.61. The van der Waals surface area contributed by atoms with Crippen LogP contribution >= 0.6 is 0 Å². The Morgan fingerprint density at radius 3 is 2.56 bits per heavy atom. The fourth-order valence-electron chi connectivity index (χ4n) is 2.98. The molecule has 0 spiro atoms. The third kappa shape index (κ3) is 3.96. The van der Waals surface area contributed by atoms with Gasteiger partial charge in [0.15, 0.2) is 0 Å². The minimum atomic E-state index is -0.0704. The number of hydrogen-bond donors (Lipinski definition) is 1. The molecule has 6 nitrogen and oxygen atoms in total. The van der Waals surface area contributed by atoms with Crippen molar-refractivity contribution in [3.63, 3.8) is 0 Å². The van der Waals surface area contributed by atoms with E-state index in [-0.39, 0.29) is 24.2 Å². The summed E-state index contributed by atoms with van der Waals surface area (Å²) in [6, 6.07) is 8.06. The summed E-state index contributed by atoms with van der Waals surface area (Å²) in [5, 5.41) is 3.08. The molecule has 1 N–H and O–H groups in total. The van der Waals surface area contributed by atoms with Gasteiger partial charge in [-0.05, 0) is 31.9 Å². The number of nitrogens with one attached hydrogen (secondary N) is 1. The first-order valence-corrected chi connectivity index (χ1v) is 8.60. The van der Waals surface area contributed by atoms with Gasteiger partial charge < -0.3 is 15.0 Å². The standard InChI is InChI=1S/C19H24N4O2/c1-13(22-19(24)23-8-9-25-15(3)14(23)2)16-4-6-17(7-5-16)18-10-20-12-21-11-18/h4-7,10-15H,8-9H2,1-3H3,(H,22,24)/t13-,14-,15-/m0/s1. The van der Waals surface area contributed by atoms with E-state index in [0.29, 0.717) is 13.2 Å². The summed E-state index contributed by atoms with van der Waals surface area (Å²) in [4.78, 5) is 22.5. The molecule has 1 aromatic carbocycles. The van der Waals surface area contributed by atoms with Gasteiger partial charge in [0, 0.05) is 24.5 Å². The Morgan fingerprint density at radius 2 is 1.88 bits per heavy atom. The number of benzene rings is 1. The quantitative estimate of drug-likeness (QED) is 0.932. The second-order valence-electron chi connectivity index (χ2n) is 6.43. The highest BCUT2D eigenvalue weighted by Gasteiger charge is 2.29. The van der Waals surface area contributed by atoms with Gasteiger partial charge in [-0.2, -0.15) is 0 Å². The molecule has 0 saturated carbocycles. The Hall–Kier alpha value is -2.47. The first kappa shape index (κ1) is 17.4. The molecule has 3 atom stereocenters. The van der Waals surface area contributed by atoms with Gasteiger partial charge in [0.25, 0.3) is 0 Å². The number of amides is 2. The van der Waals surface area contributed by atoms with Gasteiger partial charge in [-0.25, -0.2) is 14.8 Å². The van der Waals surface area contributed by atoms with Crippen LogP contribution in [0, 0.1) is 0 Å². The van der Waals surface area contributed by atoms with Crippen LogP contribution in [0.2, 0.25) is 0 Å². The largest absolute Gasteiger partial charge is 0.375 e. The van der Waals surface area contributed by atoms with Gasteiger partial charge in [0.2, 0.25) is 0 Å². The number of nitrogens with zero attached hydrogens (tertiary/aromatic N) is 3. The predicted octanol–water partition coefficient (Wildman–Crippen LogP) is 3.02. The number of aromatic nitrogens is 2. The minimum absolute atomic E-state index is 0.0457. The molecule has 25 heavy (non-hydrogen) atoms. The van der Waals surface area contributed by atoms with E-state index in [1.165, 1.54) is 6.33 Å². The van der Waals surface area contributed by atoms with Gasteiger partial charge in [0.05, 0.1) is 24.8 Å². The van der Waals surface area contributed by atoms with Crippen molar-refractivity contribution < 1.29 is 9.53 Å². The molecule has 2 aromatic rings. The van der Waals surface area contributed by atoms with Crippen molar-refractivity contribution in [3.05, 3.63) is 48.5 Å². The van der Waals surface area contributed by atoms with Crippen molar-refractivity contribution in [2.24, 2.45) is 0 Å². The number of carbonyl (C=O) groups is 1. The minimum Gasteiger partial charge on any atom is -0.375 e. The lowest BCUT2D eigenvalue weighted by Gasteiger charge is -2.38. The zero-order valence-electron chi connectivity index (χ0n) is 14.8. The SMILES string of the molecule is C[C@H](NC(=O)N1CCO[C@@H](C)[C@@H]1C)c1ccc(-c2cncnc2)cc1. The highest BCUT2D eigenvalue weighted by atomic mass is 16.5. The average molecular weight is 340 g/mol. The predicted molar refractivity (Wildman–Crippen MR) is 96.0 cm³/mol. The Kier molecular flexibility index (Phi) is 5.28. The number of ether oxygens (including phenoxy) is 1. The first-order valence-electron chi connectivity index (χ1n) is 8.60.